The molecule has 106 valence electrons. The second-order valence-corrected chi connectivity index (χ2v) is 6.99. The lowest BCUT2D eigenvalue weighted by atomic mass is 10.2. The first-order chi connectivity index (χ1) is 9.33. The van der Waals surface area contributed by atoms with E-state index in [9.17, 15) is 17.6 Å². The summed E-state index contributed by atoms with van der Waals surface area (Å²) in [5.41, 5.74) is 0.857. The molecule has 20 heavy (non-hydrogen) atoms. The Morgan fingerprint density at radius 2 is 2.00 bits per heavy atom. The van der Waals surface area contributed by atoms with E-state index in [1.807, 2.05) is 4.72 Å². The van der Waals surface area contributed by atoms with Crippen LogP contribution in [0.15, 0.2) is 30.5 Å². The van der Waals surface area contributed by atoms with Crippen molar-refractivity contribution in [1.29, 1.82) is 0 Å². The maximum absolute atomic E-state index is 12.8. The van der Waals surface area contributed by atoms with Gasteiger partial charge >= 0.3 is 0 Å². The molecule has 1 N–H and O–H groups in total. The second-order valence-electron chi connectivity index (χ2n) is 4.12. The highest BCUT2D eigenvalue weighted by Crippen LogP contribution is 2.17. The van der Waals surface area contributed by atoms with Gasteiger partial charge in [0.2, 0.25) is 10.0 Å². The number of aromatic nitrogens is 1. The highest BCUT2D eigenvalue weighted by molar-refractivity contribution is 7.89. The quantitative estimate of drug-likeness (QED) is 0.929. The third kappa shape index (κ3) is 4.10. The van der Waals surface area contributed by atoms with E-state index < -0.39 is 15.9 Å². The fourth-order valence-corrected chi connectivity index (χ4v) is 2.85. The monoisotopic (exact) mass is 314 g/mol. The molecule has 0 aliphatic heterocycles. The number of nitrogens with zero attached hydrogens (tertiary/aromatic N) is 1. The summed E-state index contributed by atoms with van der Waals surface area (Å²) >= 11 is 1.10. The van der Waals surface area contributed by atoms with Crippen LogP contribution in [0.2, 0.25) is 0 Å². The summed E-state index contributed by atoms with van der Waals surface area (Å²) < 4.78 is 36.6. The summed E-state index contributed by atoms with van der Waals surface area (Å²) in [5, 5.41) is 0.648. The highest BCUT2D eigenvalue weighted by Gasteiger charge is 2.14. The minimum atomic E-state index is -3.59. The molecule has 2 aromatic rings. The average molecular weight is 314 g/mol. The van der Waals surface area contributed by atoms with E-state index in [0.29, 0.717) is 11.4 Å². The summed E-state index contributed by atoms with van der Waals surface area (Å²) in [7, 11) is -3.59. The average Bonchev–Trinajstić information content (AvgIpc) is 2.79. The van der Waals surface area contributed by atoms with Crippen LogP contribution in [-0.4, -0.2) is 25.6 Å². The maximum atomic E-state index is 12.8. The van der Waals surface area contributed by atoms with Crippen LogP contribution >= 0.6 is 11.3 Å². The van der Waals surface area contributed by atoms with Crippen LogP contribution in [0.1, 0.15) is 20.2 Å². The minimum absolute atomic E-state index is 0.215. The van der Waals surface area contributed by atoms with Crippen LogP contribution < -0.4 is 4.72 Å². The van der Waals surface area contributed by atoms with E-state index in [1.165, 1.54) is 18.3 Å². The molecule has 0 saturated carbocycles. The Morgan fingerprint density at radius 1 is 1.35 bits per heavy atom. The van der Waals surface area contributed by atoms with Crippen LogP contribution in [0.25, 0.3) is 0 Å². The molecule has 0 unspecified atom stereocenters. The van der Waals surface area contributed by atoms with Crippen LogP contribution in [0.5, 0.6) is 0 Å². The first-order valence-electron chi connectivity index (χ1n) is 5.55. The molecule has 1 aromatic carbocycles. The van der Waals surface area contributed by atoms with Crippen molar-refractivity contribution < 1.29 is 17.6 Å². The van der Waals surface area contributed by atoms with Crippen molar-refractivity contribution in [1.82, 2.24) is 9.71 Å². The van der Waals surface area contributed by atoms with E-state index in [0.717, 1.165) is 23.2 Å². The van der Waals surface area contributed by atoms with E-state index >= 15 is 0 Å². The largest absolute Gasteiger partial charge is 0.276 e. The standard InChI is InChI=1S/C12H11FN2O3S2/c1-20(17,18)15-12(16)10-7-14-11(19-10)6-8-2-4-9(13)5-3-8/h2-5,7H,6H2,1H3,(H,15,16). The topological polar surface area (TPSA) is 76.1 Å². The zero-order chi connectivity index (χ0) is 14.8. The normalized spacial score (nSPS) is 11.3. The lowest BCUT2D eigenvalue weighted by Gasteiger charge is -1.98. The molecule has 0 fully saturated rings. The first kappa shape index (κ1) is 14.6. The van der Waals surface area contributed by atoms with Gasteiger partial charge in [-0.1, -0.05) is 12.1 Å². The van der Waals surface area contributed by atoms with Gasteiger partial charge in [0.1, 0.15) is 10.7 Å². The lowest BCUT2D eigenvalue weighted by molar-refractivity contribution is 0.0985. The molecule has 0 aliphatic carbocycles. The molecule has 5 nitrogen and oxygen atoms in total. The summed E-state index contributed by atoms with van der Waals surface area (Å²) in [5.74, 6) is -1.02. The van der Waals surface area contributed by atoms with Crippen LogP contribution in [-0.2, 0) is 16.4 Å². The predicted octanol–water partition coefficient (Wildman–Crippen LogP) is 1.56. The van der Waals surface area contributed by atoms with Crippen molar-refractivity contribution in [2.75, 3.05) is 6.26 Å². The number of rotatable bonds is 4. The smallest absolute Gasteiger partial charge is 0.267 e. The Balaban J connectivity index is 2.09. The van der Waals surface area contributed by atoms with Crippen molar-refractivity contribution in [2.24, 2.45) is 0 Å². The van der Waals surface area contributed by atoms with E-state index in [4.69, 9.17) is 0 Å². The molecular formula is C12H11FN2O3S2. The Kier molecular flexibility index (Phi) is 4.15. The molecule has 0 bridgehead atoms. The molecule has 8 heteroatoms. The molecule has 0 spiro atoms. The molecule has 0 aliphatic rings. The summed E-state index contributed by atoms with van der Waals surface area (Å²) in [6.45, 7) is 0. The Morgan fingerprint density at radius 3 is 2.60 bits per heavy atom. The molecular weight excluding hydrogens is 303 g/mol. The number of hydrogen-bond donors (Lipinski definition) is 1. The van der Waals surface area contributed by atoms with Gasteiger partial charge in [0.05, 0.1) is 17.5 Å². The Labute approximate surface area is 119 Å². The Hall–Kier alpha value is -1.80. The van der Waals surface area contributed by atoms with Crippen molar-refractivity contribution in [2.45, 2.75) is 6.42 Å². The van der Waals surface area contributed by atoms with E-state index in [1.54, 1.807) is 12.1 Å². The molecule has 1 aromatic heterocycles. The van der Waals surface area contributed by atoms with Gasteiger partial charge < -0.3 is 0 Å². The van der Waals surface area contributed by atoms with Crippen LogP contribution in [0.3, 0.4) is 0 Å². The van der Waals surface area contributed by atoms with Crippen molar-refractivity contribution in [3.05, 3.63) is 51.7 Å². The van der Waals surface area contributed by atoms with Gasteiger partial charge in [0, 0.05) is 6.42 Å². The van der Waals surface area contributed by atoms with Crippen molar-refractivity contribution >= 4 is 27.3 Å². The Bertz CT molecular complexity index is 723. The second kappa shape index (κ2) is 5.68. The van der Waals surface area contributed by atoms with Crippen LogP contribution in [0, 0.1) is 5.82 Å². The van der Waals surface area contributed by atoms with Crippen molar-refractivity contribution in [3.8, 4) is 0 Å². The van der Waals surface area contributed by atoms with Gasteiger partial charge in [-0.2, -0.15) is 0 Å². The molecule has 0 atom stereocenters. The number of amides is 1. The summed E-state index contributed by atoms with van der Waals surface area (Å²) in [6.07, 6.45) is 2.69. The van der Waals surface area contributed by atoms with Crippen LogP contribution in [0.4, 0.5) is 4.39 Å². The number of sulfonamides is 1. The number of nitrogens with one attached hydrogen (secondary N) is 1. The SMILES string of the molecule is CS(=O)(=O)NC(=O)c1cnc(Cc2ccc(F)cc2)s1. The zero-order valence-electron chi connectivity index (χ0n) is 10.5. The van der Waals surface area contributed by atoms with Gasteiger partial charge in [0.15, 0.2) is 0 Å². The lowest BCUT2D eigenvalue weighted by Crippen LogP contribution is -2.28. The van der Waals surface area contributed by atoms with E-state index in [2.05, 4.69) is 4.98 Å². The predicted molar refractivity (Wildman–Crippen MR) is 73.6 cm³/mol. The number of hydrogen-bond acceptors (Lipinski definition) is 5. The number of halogens is 1. The fraction of sp³-hybridized carbons (Fsp3) is 0.167. The molecule has 1 amide bonds. The molecule has 0 saturated heterocycles. The first-order valence-corrected chi connectivity index (χ1v) is 8.25. The third-order valence-electron chi connectivity index (χ3n) is 2.32. The molecule has 2 rings (SSSR count). The number of benzene rings is 1. The highest BCUT2D eigenvalue weighted by atomic mass is 32.2. The minimum Gasteiger partial charge on any atom is -0.267 e. The van der Waals surface area contributed by atoms with Gasteiger partial charge in [-0.25, -0.2) is 22.5 Å². The molecule has 1 heterocycles. The zero-order valence-corrected chi connectivity index (χ0v) is 12.1. The summed E-state index contributed by atoms with van der Waals surface area (Å²) in [4.78, 5) is 15.9. The summed E-state index contributed by atoms with van der Waals surface area (Å²) in [6, 6.07) is 5.96. The third-order valence-corrected chi connectivity index (χ3v) is 3.88. The number of thiazole rings is 1. The maximum Gasteiger partial charge on any atom is 0.276 e. The number of carbonyl (C=O) groups is 1. The van der Waals surface area contributed by atoms with Gasteiger partial charge in [-0.3, -0.25) is 4.79 Å². The fourth-order valence-electron chi connectivity index (χ4n) is 1.49. The van der Waals surface area contributed by atoms with Gasteiger partial charge in [-0.05, 0) is 17.7 Å². The van der Waals surface area contributed by atoms with Crippen molar-refractivity contribution in [3.63, 3.8) is 0 Å². The molecule has 0 radical (unpaired) electrons. The number of carbonyl (C=O) groups excluding carboxylic acids is 1. The van der Waals surface area contributed by atoms with Gasteiger partial charge in [-0.15, -0.1) is 11.3 Å². The van der Waals surface area contributed by atoms with E-state index in [-0.39, 0.29) is 10.7 Å². The van der Waals surface area contributed by atoms with Gasteiger partial charge in [0.25, 0.3) is 5.91 Å².